The van der Waals surface area contributed by atoms with Gasteiger partial charge in [-0.15, -0.1) is 0 Å². The number of carbonyl (C=O) groups excluding carboxylic acids is 1. The van der Waals surface area contributed by atoms with Crippen LogP contribution in [-0.4, -0.2) is 93.3 Å². The van der Waals surface area contributed by atoms with E-state index in [1.807, 2.05) is 0 Å². The van der Waals surface area contributed by atoms with Gasteiger partial charge in [0.05, 0.1) is 41.0 Å². The smallest absolute Gasteiger partial charge is 0.407 e. The largest absolute Gasteiger partial charge is 0.481 e. The van der Waals surface area contributed by atoms with Gasteiger partial charge in [0.1, 0.15) is 17.5 Å². The number of fused-ring (bicyclic) bond motifs is 3. The lowest BCUT2D eigenvalue weighted by Crippen LogP contribution is -2.48. The molecule has 0 radical (unpaired) electrons. The number of anilines is 1. The summed E-state index contributed by atoms with van der Waals surface area (Å²) in [4.78, 5) is 17.7. The molecule has 3 aliphatic rings. The van der Waals surface area contributed by atoms with Crippen molar-refractivity contribution < 1.29 is 50.2 Å². The van der Waals surface area contributed by atoms with E-state index in [0.717, 1.165) is 34.0 Å². The number of amides is 1. The highest BCUT2D eigenvalue weighted by atomic mass is 32.2. The first kappa shape index (κ1) is 39.8. The Kier molecular flexibility index (Phi) is 12.4. The van der Waals surface area contributed by atoms with Crippen LogP contribution < -0.4 is 15.8 Å². The Morgan fingerprint density at radius 2 is 1.89 bits per heavy atom. The maximum Gasteiger partial charge on any atom is 0.407 e. The van der Waals surface area contributed by atoms with Gasteiger partial charge in [-0.1, -0.05) is 23.5 Å². The molecule has 2 aliphatic heterocycles. The second-order valence-corrected chi connectivity index (χ2v) is 19.2. The Morgan fingerprint density at radius 1 is 1.15 bits per heavy atom. The minimum absolute atomic E-state index is 0.0140. The number of nitrogens with one attached hydrogen (secondary N) is 1. The van der Waals surface area contributed by atoms with Gasteiger partial charge in [-0.3, -0.25) is 4.57 Å². The van der Waals surface area contributed by atoms with E-state index in [-0.39, 0.29) is 62.2 Å². The molecule has 53 heavy (non-hydrogen) atoms. The van der Waals surface area contributed by atoms with Gasteiger partial charge in [-0.2, -0.15) is 4.31 Å². The topological polar surface area (TPSA) is 178 Å². The van der Waals surface area contributed by atoms with Gasteiger partial charge in [-0.05, 0) is 89.3 Å². The predicted molar refractivity (Wildman–Crippen MR) is 197 cm³/mol. The summed E-state index contributed by atoms with van der Waals surface area (Å²) in [6.07, 6.45) is 0.121. The molecule has 3 heterocycles. The van der Waals surface area contributed by atoms with Crippen LogP contribution in [0, 0.1) is 11.8 Å². The maximum atomic E-state index is 15.2. The number of hydrogen-bond acceptors (Lipinski definition) is 13. The second-order valence-electron chi connectivity index (χ2n) is 14.2. The lowest BCUT2D eigenvalue weighted by molar-refractivity contribution is -0.153. The number of nitrogens with two attached hydrogens (primary N) is 1. The molecule has 14 nitrogen and oxygen atoms in total. The quantitative estimate of drug-likeness (QED) is 0.142. The molecule has 6 rings (SSSR count). The summed E-state index contributed by atoms with van der Waals surface area (Å²) in [5, 5.41) is 3.27. The first-order valence-corrected chi connectivity index (χ1v) is 21.8. The monoisotopic (exact) mass is 798 g/mol. The molecular formula is C35H48FN4O10PS2. The molecule has 3 aromatic rings. The first-order chi connectivity index (χ1) is 25.1. The third-order valence-corrected chi connectivity index (χ3v) is 13.9. The second kappa shape index (κ2) is 16.5. The molecule has 1 amide bonds. The van der Waals surface area contributed by atoms with Gasteiger partial charge >= 0.3 is 13.7 Å². The highest BCUT2D eigenvalue weighted by Gasteiger charge is 2.53. The number of alkyl halides is 1. The standard InChI is InChI=1S/C35H48FN4O10PS2/c1-5-47-51(42,48-6-2)21-46-26-9-7-22(8-10-26)15-25(38-34(41)50-31-24-16-23-17-29(31)49-32(23)45-19-24)13-14-40(20-35(3,4)36)53(43,44)27-11-12-28-30(18-27)52-33(37)39-28/h7-12,18,23-25,29,31-32H,5-6,13-17,19-21H2,1-4H3,(H2,37,39)(H,38,41)/t23?,24?,25-,29?,31?,32?/m1/s1. The molecule has 2 aromatic carbocycles. The SMILES string of the molecule is CCOP(=O)(COc1ccc(C[C@@H](CCN(CC(C)(C)F)S(=O)(=O)c2ccc3nc(N)sc3c2)NC(=O)OC2C3COC4OC2CC4C3)cc1)OCC. The lowest BCUT2D eigenvalue weighted by atomic mass is 9.78. The molecule has 0 spiro atoms. The number of sulfonamides is 1. The molecule has 6 atom stereocenters. The number of rotatable bonds is 18. The maximum absolute atomic E-state index is 15.2. The van der Waals surface area contributed by atoms with Gasteiger partial charge in [-0.25, -0.2) is 22.6 Å². The molecule has 1 aromatic heterocycles. The molecule has 18 heteroatoms. The van der Waals surface area contributed by atoms with Crippen LogP contribution in [0.4, 0.5) is 14.3 Å². The number of nitrogens with zero attached hydrogens (tertiary/aromatic N) is 2. The van der Waals surface area contributed by atoms with Crippen LogP contribution >= 0.6 is 18.9 Å². The number of carbonyl (C=O) groups is 1. The average molecular weight is 799 g/mol. The third-order valence-electron chi connectivity index (χ3n) is 9.44. The minimum atomic E-state index is -4.18. The van der Waals surface area contributed by atoms with E-state index in [0.29, 0.717) is 33.6 Å². The van der Waals surface area contributed by atoms with Crippen molar-refractivity contribution in [2.45, 2.75) is 88.5 Å². The number of nitrogen functional groups attached to an aromatic ring is 1. The van der Waals surface area contributed by atoms with Crippen LogP contribution in [0.1, 0.15) is 52.5 Å². The molecule has 3 N–H and O–H groups in total. The minimum Gasteiger partial charge on any atom is -0.481 e. The molecular weight excluding hydrogens is 751 g/mol. The van der Waals surface area contributed by atoms with Gasteiger partial charge < -0.3 is 39.0 Å². The van der Waals surface area contributed by atoms with Gasteiger partial charge in [0, 0.05) is 31.0 Å². The molecule has 3 bridgehead atoms. The normalized spacial score (nSPS) is 23.4. The van der Waals surface area contributed by atoms with Crippen molar-refractivity contribution in [3.05, 3.63) is 48.0 Å². The number of benzene rings is 2. The Labute approximate surface area is 313 Å². The summed E-state index contributed by atoms with van der Waals surface area (Å²) in [5.41, 5.74) is 5.34. The van der Waals surface area contributed by atoms with E-state index < -0.39 is 48.1 Å². The number of thiazole rings is 1. The molecule has 292 valence electrons. The molecule has 5 unspecified atom stereocenters. The van der Waals surface area contributed by atoms with Crippen molar-refractivity contribution in [2.24, 2.45) is 11.8 Å². The van der Waals surface area contributed by atoms with Gasteiger partial charge in [0.15, 0.2) is 17.8 Å². The van der Waals surface area contributed by atoms with Gasteiger partial charge in [0.2, 0.25) is 10.0 Å². The molecule has 1 saturated carbocycles. The third kappa shape index (κ3) is 9.87. The number of hydrogen-bond donors (Lipinski definition) is 2. The zero-order valence-electron chi connectivity index (χ0n) is 30.3. The number of ether oxygens (including phenoxy) is 4. The van der Waals surface area contributed by atoms with Crippen molar-refractivity contribution in [3.63, 3.8) is 0 Å². The van der Waals surface area contributed by atoms with Crippen molar-refractivity contribution in [3.8, 4) is 5.75 Å². The van der Waals surface area contributed by atoms with Crippen LogP contribution in [0.15, 0.2) is 47.4 Å². The number of halogens is 1. The number of aromatic nitrogens is 1. The van der Waals surface area contributed by atoms with Crippen molar-refractivity contribution >= 4 is 50.4 Å². The predicted octanol–water partition coefficient (Wildman–Crippen LogP) is 6.10. The molecule has 2 saturated heterocycles. The summed E-state index contributed by atoms with van der Waals surface area (Å²) in [6, 6.07) is 10.9. The molecule has 1 aliphatic carbocycles. The Morgan fingerprint density at radius 3 is 2.58 bits per heavy atom. The Bertz CT molecular complexity index is 1880. The Hall–Kier alpha value is -2.89. The van der Waals surface area contributed by atoms with E-state index >= 15 is 4.39 Å². The lowest BCUT2D eigenvalue weighted by Gasteiger charge is -2.36. The zero-order chi connectivity index (χ0) is 38.0. The van der Waals surface area contributed by atoms with Crippen LogP contribution in [0.25, 0.3) is 10.2 Å². The summed E-state index contributed by atoms with van der Waals surface area (Å²) in [5.74, 6) is 0.755. The van der Waals surface area contributed by atoms with Crippen LogP contribution in [0.5, 0.6) is 5.75 Å². The fourth-order valence-corrected chi connectivity index (χ4v) is 11.0. The van der Waals surface area contributed by atoms with Gasteiger partial charge in [0.25, 0.3) is 0 Å². The van der Waals surface area contributed by atoms with Crippen LogP contribution in [0.3, 0.4) is 0 Å². The highest BCUT2D eigenvalue weighted by Crippen LogP contribution is 2.48. The van der Waals surface area contributed by atoms with E-state index in [9.17, 15) is 17.8 Å². The summed E-state index contributed by atoms with van der Waals surface area (Å²) in [7, 11) is -7.61. The summed E-state index contributed by atoms with van der Waals surface area (Å²) in [6.45, 7) is 6.41. The average Bonchev–Trinajstić information content (AvgIpc) is 3.62. The van der Waals surface area contributed by atoms with Crippen LogP contribution in [0.2, 0.25) is 0 Å². The van der Waals surface area contributed by atoms with E-state index in [4.69, 9.17) is 33.7 Å². The summed E-state index contributed by atoms with van der Waals surface area (Å²) >= 11 is 1.16. The molecule has 3 fully saturated rings. The zero-order valence-corrected chi connectivity index (χ0v) is 32.8. The highest BCUT2D eigenvalue weighted by molar-refractivity contribution is 7.89. The number of alkyl carbamates (subject to hydrolysis) is 1. The Balaban J connectivity index is 1.19. The van der Waals surface area contributed by atoms with E-state index in [1.165, 1.54) is 26.0 Å². The van der Waals surface area contributed by atoms with Crippen molar-refractivity contribution in [1.29, 1.82) is 0 Å². The van der Waals surface area contributed by atoms with E-state index in [2.05, 4.69) is 10.3 Å². The van der Waals surface area contributed by atoms with E-state index in [1.54, 1.807) is 44.2 Å². The fourth-order valence-electron chi connectivity index (χ4n) is 7.17. The summed E-state index contributed by atoms with van der Waals surface area (Å²) < 4.78 is 92.0. The van der Waals surface area contributed by atoms with Crippen LogP contribution in [-0.2, 0) is 44.3 Å². The van der Waals surface area contributed by atoms with Crippen molar-refractivity contribution in [1.82, 2.24) is 14.6 Å². The first-order valence-electron chi connectivity index (χ1n) is 17.8. The fraction of sp³-hybridized carbons (Fsp3) is 0.600. The van der Waals surface area contributed by atoms with Crippen molar-refractivity contribution in [2.75, 3.05) is 45.0 Å².